The molecule has 2 aromatic carbocycles. The second-order valence-corrected chi connectivity index (χ2v) is 5.08. The van der Waals surface area contributed by atoms with Crippen LogP contribution >= 0.6 is 0 Å². The van der Waals surface area contributed by atoms with Gasteiger partial charge in [-0.25, -0.2) is 4.39 Å². The quantitative estimate of drug-likeness (QED) is 0.813. The van der Waals surface area contributed by atoms with Crippen LogP contribution in [0.15, 0.2) is 30.3 Å². The molecule has 0 unspecified atom stereocenters. The highest BCUT2D eigenvalue weighted by molar-refractivity contribution is 6.12. The summed E-state index contributed by atoms with van der Waals surface area (Å²) in [6, 6.07) is 6.86. The molecule has 0 radical (unpaired) electrons. The fourth-order valence-corrected chi connectivity index (χ4v) is 2.38. The fraction of sp³-hybridized carbons (Fsp3) is 0.222. The van der Waals surface area contributed by atoms with E-state index < -0.39 is 11.6 Å². The predicted molar refractivity (Wildman–Crippen MR) is 90.2 cm³/mol. The van der Waals surface area contributed by atoms with Gasteiger partial charge in [-0.3, -0.25) is 9.59 Å². The first-order valence-electron chi connectivity index (χ1n) is 7.33. The number of hydrogen-bond acceptors (Lipinski definition) is 5. The maximum absolute atomic E-state index is 13.6. The van der Waals surface area contributed by atoms with Gasteiger partial charge in [0.2, 0.25) is 5.91 Å². The number of carbonyl (C=O) groups excluding carboxylic acids is 2. The molecule has 0 aliphatic rings. The highest BCUT2D eigenvalue weighted by atomic mass is 19.1. The van der Waals surface area contributed by atoms with Gasteiger partial charge in [0.1, 0.15) is 11.4 Å². The molecule has 2 rings (SSSR count). The SMILES string of the molecule is COc1cc(C(=O)c2ccc(OC)c(NC(C)=O)c2OC)ccc1F. The van der Waals surface area contributed by atoms with Gasteiger partial charge in [0.25, 0.3) is 0 Å². The van der Waals surface area contributed by atoms with E-state index in [0.29, 0.717) is 5.75 Å². The number of halogens is 1. The molecule has 1 N–H and O–H groups in total. The summed E-state index contributed by atoms with van der Waals surface area (Å²) in [6.07, 6.45) is 0. The topological polar surface area (TPSA) is 73.9 Å². The van der Waals surface area contributed by atoms with Crippen molar-refractivity contribution in [2.75, 3.05) is 26.6 Å². The van der Waals surface area contributed by atoms with Crippen LogP contribution in [0.25, 0.3) is 0 Å². The van der Waals surface area contributed by atoms with Crippen LogP contribution in [0.2, 0.25) is 0 Å². The molecule has 25 heavy (non-hydrogen) atoms. The average Bonchev–Trinajstić information content (AvgIpc) is 2.60. The number of benzene rings is 2. The molecular weight excluding hydrogens is 329 g/mol. The Kier molecular flexibility index (Phi) is 5.59. The van der Waals surface area contributed by atoms with E-state index in [1.54, 1.807) is 6.07 Å². The summed E-state index contributed by atoms with van der Waals surface area (Å²) in [7, 11) is 4.13. The van der Waals surface area contributed by atoms with Crippen molar-refractivity contribution in [1.82, 2.24) is 0 Å². The van der Waals surface area contributed by atoms with Crippen molar-refractivity contribution in [3.63, 3.8) is 0 Å². The van der Waals surface area contributed by atoms with Crippen molar-refractivity contribution in [3.8, 4) is 17.2 Å². The number of ether oxygens (including phenoxy) is 3. The number of rotatable bonds is 6. The molecule has 132 valence electrons. The van der Waals surface area contributed by atoms with E-state index in [0.717, 1.165) is 6.07 Å². The molecule has 0 aromatic heterocycles. The van der Waals surface area contributed by atoms with Gasteiger partial charge in [-0.15, -0.1) is 0 Å². The van der Waals surface area contributed by atoms with Crippen molar-refractivity contribution in [1.29, 1.82) is 0 Å². The van der Waals surface area contributed by atoms with Crippen molar-refractivity contribution < 1.29 is 28.2 Å². The standard InChI is InChI=1S/C18H18FNO5/c1-10(21)20-16-14(23-2)8-6-12(18(16)25-4)17(22)11-5-7-13(19)15(9-11)24-3/h5-9H,1-4H3,(H,20,21). The lowest BCUT2D eigenvalue weighted by Crippen LogP contribution is -2.12. The summed E-state index contributed by atoms with van der Waals surface area (Å²) in [6.45, 7) is 1.33. The Balaban J connectivity index is 2.58. The number of anilines is 1. The van der Waals surface area contributed by atoms with Gasteiger partial charge in [0.15, 0.2) is 23.1 Å². The summed E-state index contributed by atoms with van der Waals surface area (Å²) >= 11 is 0. The molecule has 2 aromatic rings. The number of amides is 1. The third kappa shape index (κ3) is 3.71. The first-order chi connectivity index (χ1) is 11.9. The Bertz CT molecular complexity index is 819. The van der Waals surface area contributed by atoms with Gasteiger partial charge < -0.3 is 19.5 Å². The lowest BCUT2D eigenvalue weighted by atomic mass is 10.0. The minimum absolute atomic E-state index is 0.0413. The Hall–Kier alpha value is -3.09. The molecule has 0 heterocycles. The molecule has 0 spiro atoms. The number of carbonyl (C=O) groups is 2. The Morgan fingerprint density at radius 2 is 1.64 bits per heavy atom. The molecule has 6 nitrogen and oxygen atoms in total. The van der Waals surface area contributed by atoms with Crippen molar-refractivity contribution in [2.45, 2.75) is 6.92 Å². The first kappa shape index (κ1) is 18.3. The van der Waals surface area contributed by atoms with E-state index in [9.17, 15) is 14.0 Å². The van der Waals surface area contributed by atoms with Gasteiger partial charge in [0, 0.05) is 12.5 Å². The van der Waals surface area contributed by atoms with Crippen molar-refractivity contribution in [2.24, 2.45) is 0 Å². The molecule has 0 atom stereocenters. The summed E-state index contributed by atoms with van der Waals surface area (Å²) < 4.78 is 29.0. The number of hydrogen-bond donors (Lipinski definition) is 1. The zero-order valence-electron chi connectivity index (χ0n) is 14.3. The van der Waals surface area contributed by atoms with Crippen LogP contribution < -0.4 is 19.5 Å². The van der Waals surface area contributed by atoms with Gasteiger partial charge in [-0.2, -0.15) is 0 Å². The predicted octanol–water partition coefficient (Wildman–Crippen LogP) is 3.04. The summed E-state index contributed by atoms with van der Waals surface area (Å²) in [5.41, 5.74) is 0.661. The van der Waals surface area contributed by atoms with Crippen LogP contribution in [0, 0.1) is 5.82 Å². The Morgan fingerprint density at radius 1 is 0.960 bits per heavy atom. The molecule has 0 saturated heterocycles. The minimum atomic E-state index is -0.570. The number of nitrogens with one attached hydrogen (secondary N) is 1. The Labute approximate surface area is 144 Å². The molecule has 0 fully saturated rings. The number of methoxy groups -OCH3 is 3. The van der Waals surface area contributed by atoms with E-state index >= 15 is 0 Å². The van der Waals surface area contributed by atoms with E-state index in [-0.39, 0.29) is 34.2 Å². The molecule has 0 aliphatic heterocycles. The lowest BCUT2D eigenvalue weighted by molar-refractivity contribution is -0.114. The van der Waals surface area contributed by atoms with E-state index in [1.165, 1.54) is 46.5 Å². The van der Waals surface area contributed by atoms with Crippen LogP contribution in [-0.2, 0) is 4.79 Å². The van der Waals surface area contributed by atoms with Crippen LogP contribution in [0.4, 0.5) is 10.1 Å². The Morgan fingerprint density at radius 3 is 2.20 bits per heavy atom. The molecule has 1 amide bonds. The van der Waals surface area contributed by atoms with Gasteiger partial charge in [0.05, 0.1) is 26.9 Å². The fourth-order valence-electron chi connectivity index (χ4n) is 2.38. The summed E-state index contributed by atoms with van der Waals surface area (Å²) in [4.78, 5) is 24.3. The smallest absolute Gasteiger partial charge is 0.221 e. The molecular formula is C18H18FNO5. The normalized spacial score (nSPS) is 10.1. The van der Waals surface area contributed by atoms with Gasteiger partial charge in [-0.1, -0.05) is 0 Å². The highest BCUT2D eigenvalue weighted by Gasteiger charge is 2.22. The average molecular weight is 347 g/mol. The first-order valence-corrected chi connectivity index (χ1v) is 7.33. The third-order valence-corrected chi connectivity index (χ3v) is 3.50. The number of ketones is 1. The van der Waals surface area contributed by atoms with E-state index in [1.807, 2.05) is 0 Å². The highest BCUT2D eigenvalue weighted by Crippen LogP contribution is 2.38. The van der Waals surface area contributed by atoms with Crippen LogP contribution in [0.1, 0.15) is 22.8 Å². The zero-order valence-corrected chi connectivity index (χ0v) is 14.3. The van der Waals surface area contributed by atoms with Crippen LogP contribution in [0.5, 0.6) is 17.2 Å². The third-order valence-electron chi connectivity index (χ3n) is 3.50. The van der Waals surface area contributed by atoms with Gasteiger partial charge in [-0.05, 0) is 30.3 Å². The summed E-state index contributed by atoms with van der Waals surface area (Å²) in [5, 5.41) is 2.60. The minimum Gasteiger partial charge on any atom is -0.494 e. The van der Waals surface area contributed by atoms with Gasteiger partial charge >= 0.3 is 0 Å². The van der Waals surface area contributed by atoms with Crippen molar-refractivity contribution >= 4 is 17.4 Å². The van der Waals surface area contributed by atoms with E-state index in [2.05, 4.69) is 5.32 Å². The molecule has 0 saturated carbocycles. The zero-order chi connectivity index (χ0) is 18.6. The largest absolute Gasteiger partial charge is 0.494 e. The maximum Gasteiger partial charge on any atom is 0.221 e. The lowest BCUT2D eigenvalue weighted by Gasteiger charge is -2.16. The summed E-state index contributed by atoms with van der Waals surface area (Å²) in [5.74, 6) is -0.864. The second-order valence-electron chi connectivity index (χ2n) is 5.08. The molecule has 7 heteroatoms. The molecule has 0 aliphatic carbocycles. The van der Waals surface area contributed by atoms with E-state index in [4.69, 9.17) is 14.2 Å². The van der Waals surface area contributed by atoms with Crippen molar-refractivity contribution in [3.05, 3.63) is 47.3 Å². The maximum atomic E-state index is 13.6. The van der Waals surface area contributed by atoms with Crippen LogP contribution in [-0.4, -0.2) is 33.0 Å². The monoisotopic (exact) mass is 347 g/mol. The molecule has 0 bridgehead atoms. The van der Waals surface area contributed by atoms with Crippen LogP contribution in [0.3, 0.4) is 0 Å². The second kappa shape index (κ2) is 7.65.